The first-order chi connectivity index (χ1) is 18.6. The summed E-state index contributed by atoms with van der Waals surface area (Å²) in [6.45, 7) is 6.68. The molecule has 0 spiro atoms. The molecule has 3 aromatic rings. The third-order valence-electron chi connectivity index (χ3n) is 6.62. The first-order valence-electron chi connectivity index (χ1n) is 13.4. The van der Waals surface area contributed by atoms with Gasteiger partial charge in [-0.15, -0.1) is 0 Å². The number of aliphatic hydroxyl groups excluding tert-OH is 1. The number of aromatic hydroxyl groups is 1. The summed E-state index contributed by atoms with van der Waals surface area (Å²) in [5.41, 5.74) is 2.08. The normalized spacial score (nSPS) is 15.0. The predicted octanol–water partition coefficient (Wildman–Crippen LogP) is 5.64. The highest BCUT2D eigenvalue weighted by Gasteiger charge is 2.35. The van der Waals surface area contributed by atoms with Gasteiger partial charge in [0, 0.05) is 23.7 Å². The van der Waals surface area contributed by atoms with Gasteiger partial charge in [-0.1, -0.05) is 48.5 Å². The molecule has 210 valence electrons. The number of fused-ring (bicyclic) bond motifs is 1. The fraction of sp³-hybridized carbons (Fsp3) is 0.406. The summed E-state index contributed by atoms with van der Waals surface area (Å²) < 4.78 is 11.7. The smallest absolute Gasteiger partial charge is 0.327 e. The minimum Gasteiger partial charge on any atom is -0.508 e. The van der Waals surface area contributed by atoms with Crippen LogP contribution in [-0.2, 0) is 16.0 Å². The molecule has 1 aliphatic rings. The van der Waals surface area contributed by atoms with Crippen molar-refractivity contribution in [1.82, 2.24) is 5.32 Å². The second kappa shape index (κ2) is 14.1. The van der Waals surface area contributed by atoms with E-state index in [1.54, 1.807) is 26.2 Å². The Morgan fingerprint density at radius 2 is 1.79 bits per heavy atom. The standard InChI is InChI=1S/C28H35NO4.C4H6O2/c1-28(2,16-19-8-9-22-15-23(30)13-12-21(22)14-19)29-17-24(31)18-33-27(20-10-11-20)25-6-4-5-7-26(25)32-3;1-2-3-4(5)6/h4-9,12-15,20,24,27,29-31H,10-11,16-18H2,1-3H3;2-3H,1H3,(H,5,6)/b;3-2+/t24-,27-;/m1./s1. The Morgan fingerprint density at radius 1 is 1.10 bits per heavy atom. The van der Waals surface area contributed by atoms with Crippen LogP contribution in [0.25, 0.3) is 10.8 Å². The Bertz CT molecular complexity index is 1250. The maximum Gasteiger partial charge on any atom is 0.327 e. The van der Waals surface area contributed by atoms with Gasteiger partial charge in [-0.25, -0.2) is 4.79 Å². The van der Waals surface area contributed by atoms with Crippen LogP contribution < -0.4 is 10.1 Å². The number of phenols is 1. The number of carbonyl (C=O) groups is 1. The Balaban J connectivity index is 0.000000631. The van der Waals surface area contributed by atoms with E-state index in [9.17, 15) is 15.0 Å². The molecule has 0 radical (unpaired) electrons. The highest BCUT2D eigenvalue weighted by molar-refractivity contribution is 5.84. The van der Waals surface area contributed by atoms with Crippen LogP contribution in [0.5, 0.6) is 11.5 Å². The second-order valence-corrected chi connectivity index (χ2v) is 10.6. The number of rotatable bonds is 12. The highest BCUT2D eigenvalue weighted by atomic mass is 16.5. The van der Waals surface area contributed by atoms with Crippen molar-refractivity contribution in [3.63, 3.8) is 0 Å². The number of hydrogen-bond acceptors (Lipinski definition) is 6. The number of benzene rings is 3. The number of carboxylic acid groups (broad SMARTS) is 1. The maximum absolute atomic E-state index is 10.6. The van der Waals surface area contributed by atoms with Crippen molar-refractivity contribution in [2.75, 3.05) is 20.3 Å². The number of methoxy groups -OCH3 is 1. The molecule has 1 fully saturated rings. The van der Waals surface area contributed by atoms with Crippen molar-refractivity contribution in [2.24, 2.45) is 5.92 Å². The van der Waals surface area contributed by atoms with Crippen LogP contribution in [0.15, 0.2) is 72.8 Å². The fourth-order valence-electron chi connectivity index (χ4n) is 4.56. The number of phenolic OH excluding ortho intramolecular Hbond substituents is 1. The third kappa shape index (κ3) is 9.70. The summed E-state index contributed by atoms with van der Waals surface area (Å²) in [6, 6.07) is 19.7. The molecule has 1 saturated carbocycles. The molecular formula is C32H41NO6. The molecule has 7 heteroatoms. The van der Waals surface area contributed by atoms with Crippen molar-refractivity contribution in [2.45, 2.75) is 57.8 Å². The van der Waals surface area contributed by atoms with E-state index >= 15 is 0 Å². The summed E-state index contributed by atoms with van der Waals surface area (Å²) in [6.07, 6.45) is 5.04. The van der Waals surface area contributed by atoms with E-state index in [0.29, 0.717) is 12.5 Å². The van der Waals surface area contributed by atoms with Crippen LogP contribution in [0.1, 0.15) is 50.8 Å². The lowest BCUT2D eigenvalue weighted by atomic mass is 9.93. The van der Waals surface area contributed by atoms with Gasteiger partial charge in [-0.3, -0.25) is 0 Å². The molecule has 3 aromatic carbocycles. The monoisotopic (exact) mass is 535 g/mol. The molecular weight excluding hydrogens is 494 g/mol. The molecule has 4 N–H and O–H groups in total. The van der Waals surface area contributed by atoms with Gasteiger partial charge in [0.15, 0.2) is 0 Å². The molecule has 0 amide bonds. The molecule has 4 rings (SSSR count). The molecule has 0 heterocycles. The van der Waals surface area contributed by atoms with E-state index in [2.05, 4.69) is 37.4 Å². The number of allylic oxidation sites excluding steroid dienone is 1. The van der Waals surface area contributed by atoms with Gasteiger partial charge in [0.05, 0.1) is 25.9 Å². The zero-order valence-corrected chi connectivity index (χ0v) is 23.3. The lowest BCUT2D eigenvalue weighted by Crippen LogP contribution is -2.46. The summed E-state index contributed by atoms with van der Waals surface area (Å²) >= 11 is 0. The number of nitrogens with one attached hydrogen (secondary N) is 1. The van der Waals surface area contributed by atoms with E-state index in [0.717, 1.165) is 47.4 Å². The Morgan fingerprint density at radius 3 is 2.44 bits per heavy atom. The zero-order chi connectivity index (χ0) is 28.4. The van der Waals surface area contributed by atoms with Gasteiger partial charge < -0.3 is 30.1 Å². The average molecular weight is 536 g/mol. The van der Waals surface area contributed by atoms with Crippen molar-refractivity contribution in [3.8, 4) is 11.5 Å². The predicted molar refractivity (Wildman–Crippen MR) is 154 cm³/mol. The second-order valence-electron chi connectivity index (χ2n) is 10.6. The summed E-state index contributed by atoms with van der Waals surface area (Å²) in [5, 5.41) is 33.7. The van der Waals surface area contributed by atoms with Crippen molar-refractivity contribution < 1.29 is 29.6 Å². The minimum atomic E-state index is -0.891. The van der Waals surface area contributed by atoms with Crippen LogP contribution in [0.3, 0.4) is 0 Å². The molecule has 2 atom stereocenters. The van der Waals surface area contributed by atoms with E-state index in [-0.39, 0.29) is 24.0 Å². The van der Waals surface area contributed by atoms with Gasteiger partial charge in [-0.2, -0.15) is 0 Å². The topological polar surface area (TPSA) is 108 Å². The quantitative estimate of drug-likeness (QED) is 0.222. The Labute approximate surface area is 231 Å². The van der Waals surface area contributed by atoms with Crippen molar-refractivity contribution >= 4 is 16.7 Å². The highest BCUT2D eigenvalue weighted by Crippen LogP contribution is 2.45. The molecule has 39 heavy (non-hydrogen) atoms. The Kier molecular flexibility index (Phi) is 10.9. The van der Waals surface area contributed by atoms with Crippen molar-refractivity contribution in [1.29, 1.82) is 0 Å². The summed E-state index contributed by atoms with van der Waals surface area (Å²) in [5.74, 6) is 0.724. The zero-order valence-electron chi connectivity index (χ0n) is 23.3. The largest absolute Gasteiger partial charge is 0.508 e. The first kappa shape index (κ1) is 30.2. The van der Waals surface area contributed by atoms with Gasteiger partial charge in [-0.05, 0) is 80.5 Å². The number of β-amino-alcohol motifs (C(OH)–C–C–N with tert-alkyl or cyclic N) is 1. The van der Waals surface area contributed by atoms with Crippen LogP contribution in [0.4, 0.5) is 0 Å². The molecule has 7 nitrogen and oxygen atoms in total. The number of carboxylic acids is 1. The number of para-hydroxylation sites is 1. The SMILES string of the molecule is C/C=C/C(=O)O.COc1ccccc1[C@H](OC[C@H](O)CNC(C)(C)Cc1ccc2cc(O)ccc2c1)C1CC1. The van der Waals surface area contributed by atoms with E-state index in [1.807, 2.05) is 30.3 Å². The Hall–Kier alpha value is -3.39. The van der Waals surface area contributed by atoms with Crippen LogP contribution in [0, 0.1) is 5.92 Å². The van der Waals surface area contributed by atoms with E-state index < -0.39 is 12.1 Å². The lowest BCUT2D eigenvalue weighted by Gasteiger charge is -2.29. The number of ether oxygens (including phenoxy) is 2. The van der Waals surface area contributed by atoms with Gasteiger partial charge in [0.2, 0.25) is 0 Å². The number of hydrogen-bond donors (Lipinski definition) is 4. The minimum absolute atomic E-state index is 0.0409. The summed E-state index contributed by atoms with van der Waals surface area (Å²) in [7, 11) is 1.68. The summed E-state index contributed by atoms with van der Waals surface area (Å²) in [4.78, 5) is 9.51. The number of aliphatic hydroxyl groups is 1. The maximum atomic E-state index is 10.6. The lowest BCUT2D eigenvalue weighted by molar-refractivity contribution is -0.131. The molecule has 0 saturated heterocycles. The molecule has 1 aliphatic carbocycles. The van der Waals surface area contributed by atoms with Crippen molar-refractivity contribution in [3.05, 3.63) is 83.9 Å². The van der Waals surface area contributed by atoms with Crippen LogP contribution in [0.2, 0.25) is 0 Å². The van der Waals surface area contributed by atoms with E-state index in [1.165, 1.54) is 11.6 Å². The van der Waals surface area contributed by atoms with E-state index in [4.69, 9.17) is 14.6 Å². The average Bonchev–Trinajstić information content (AvgIpc) is 3.73. The van der Waals surface area contributed by atoms with Gasteiger partial charge >= 0.3 is 5.97 Å². The molecule has 0 aromatic heterocycles. The third-order valence-corrected chi connectivity index (χ3v) is 6.62. The molecule has 0 bridgehead atoms. The van der Waals surface area contributed by atoms with Crippen LogP contribution >= 0.6 is 0 Å². The van der Waals surface area contributed by atoms with Gasteiger partial charge in [0.1, 0.15) is 11.5 Å². The number of aliphatic carboxylic acids is 1. The van der Waals surface area contributed by atoms with Crippen LogP contribution in [-0.4, -0.2) is 53.2 Å². The first-order valence-corrected chi connectivity index (χ1v) is 13.4. The van der Waals surface area contributed by atoms with Gasteiger partial charge in [0.25, 0.3) is 0 Å². The fourth-order valence-corrected chi connectivity index (χ4v) is 4.56. The molecule has 0 aliphatic heterocycles. The molecule has 0 unspecified atom stereocenters.